The van der Waals surface area contributed by atoms with Gasteiger partial charge < -0.3 is 9.94 Å². The Morgan fingerprint density at radius 1 is 1.36 bits per heavy atom. The third-order valence-corrected chi connectivity index (χ3v) is 1.68. The standard InChI is InChI=1S/C9H8N2O3/c1-7-9(11(12)14-10-7)13-8-5-3-2-4-6-8/h2-6H,1H3. The minimum atomic E-state index is 0.0659. The molecule has 0 unspecified atom stereocenters. The maximum atomic E-state index is 11.0. The number of hydrogen-bond donors (Lipinski definition) is 0. The van der Waals surface area contributed by atoms with Gasteiger partial charge in [0.1, 0.15) is 5.75 Å². The molecule has 0 amide bonds. The molecule has 0 saturated carbocycles. The maximum Gasteiger partial charge on any atom is 0.380 e. The van der Waals surface area contributed by atoms with Crippen molar-refractivity contribution in [1.29, 1.82) is 0 Å². The zero-order valence-electron chi connectivity index (χ0n) is 7.51. The molecular weight excluding hydrogens is 184 g/mol. The first-order chi connectivity index (χ1) is 6.77. The van der Waals surface area contributed by atoms with Gasteiger partial charge in [0.05, 0.1) is 0 Å². The third-order valence-electron chi connectivity index (χ3n) is 1.68. The van der Waals surface area contributed by atoms with Crippen LogP contribution in [0.4, 0.5) is 0 Å². The van der Waals surface area contributed by atoms with Crippen LogP contribution < -0.4 is 9.64 Å². The molecule has 0 radical (unpaired) electrons. The van der Waals surface area contributed by atoms with Crippen LogP contribution in [0.5, 0.6) is 11.6 Å². The van der Waals surface area contributed by atoms with Gasteiger partial charge >= 0.3 is 5.88 Å². The Bertz CT molecular complexity index is 405. The highest BCUT2D eigenvalue weighted by Gasteiger charge is 2.16. The van der Waals surface area contributed by atoms with Crippen LogP contribution in [0.1, 0.15) is 5.69 Å². The molecule has 0 atom stereocenters. The monoisotopic (exact) mass is 192 g/mol. The summed E-state index contributed by atoms with van der Waals surface area (Å²) in [5.74, 6) is 0.639. The van der Waals surface area contributed by atoms with Gasteiger partial charge in [0.25, 0.3) is 5.69 Å². The number of aryl methyl sites for hydroxylation is 1. The van der Waals surface area contributed by atoms with Gasteiger partial charge in [-0.3, -0.25) is 4.63 Å². The van der Waals surface area contributed by atoms with Crippen LogP contribution in [0.3, 0.4) is 0 Å². The lowest BCUT2D eigenvalue weighted by Crippen LogP contribution is -2.24. The lowest BCUT2D eigenvalue weighted by molar-refractivity contribution is -0.804. The minimum Gasteiger partial charge on any atom is -0.418 e. The molecule has 0 fully saturated rings. The van der Waals surface area contributed by atoms with Crippen LogP contribution in [0, 0.1) is 12.1 Å². The number of hydrogen-bond acceptors (Lipinski definition) is 4. The molecule has 0 aliphatic carbocycles. The van der Waals surface area contributed by atoms with E-state index in [4.69, 9.17) is 4.74 Å². The molecule has 0 aliphatic rings. The van der Waals surface area contributed by atoms with Crippen molar-refractivity contribution in [2.75, 3.05) is 0 Å². The van der Waals surface area contributed by atoms with Crippen molar-refractivity contribution in [3.05, 3.63) is 41.2 Å². The first kappa shape index (κ1) is 8.55. The normalized spacial score (nSPS) is 10.1. The third kappa shape index (κ3) is 1.52. The van der Waals surface area contributed by atoms with E-state index in [0.29, 0.717) is 11.4 Å². The summed E-state index contributed by atoms with van der Waals surface area (Å²) in [6.07, 6.45) is 0. The molecule has 1 aromatic heterocycles. The van der Waals surface area contributed by atoms with Gasteiger partial charge in [0.15, 0.2) is 0 Å². The highest BCUT2D eigenvalue weighted by molar-refractivity contribution is 5.25. The largest absolute Gasteiger partial charge is 0.418 e. The Morgan fingerprint density at radius 3 is 2.64 bits per heavy atom. The number of ether oxygens (including phenoxy) is 1. The van der Waals surface area contributed by atoms with Crippen LogP contribution in [0.2, 0.25) is 0 Å². The van der Waals surface area contributed by atoms with Crippen molar-refractivity contribution < 1.29 is 14.3 Å². The van der Waals surface area contributed by atoms with E-state index < -0.39 is 0 Å². The number of nitrogens with zero attached hydrogens (tertiary/aromatic N) is 2. The van der Waals surface area contributed by atoms with Gasteiger partial charge in [-0.1, -0.05) is 18.2 Å². The average Bonchev–Trinajstić information content (AvgIpc) is 2.51. The molecule has 0 bridgehead atoms. The first-order valence-corrected chi connectivity index (χ1v) is 4.06. The molecule has 2 rings (SSSR count). The summed E-state index contributed by atoms with van der Waals surface area (Å²) in [6, 6.07) is 8.97. The molecule has 0 aliphatic heterocycles. The van der Waals surface area contributed by atoms with E-state index in [-0.39, 0.29) is 10.8 Å². The SMILES string of the molecule is Cc1no[n+]([O-])c1Oc1ccccc1. The molecule has 1 aromatic carbocycles. The fourth-order valence-electron chi connectivity index (χ4n) is 1.02. The highest BCUT2D eigenvalue weighted by atomic mass is 16.8. The van der Waals surface area contributed by atoms with Gasteiger partial charge in [-0.05, 0) is 17.0 Å². The summed E-state index contributed by atoms with van der Waals surface area (Å²) >= 11 is 0. The summed E-state index contributed by atoms with van der Waals surface area (Å²) in [5, 5.41) is 14.5. The molecule has 5 heteroatoms. The smallest absolute Gasteiger partial charge is 0.380 e. The molecule has 5 nitrogen and oxygen atoms in total. The number of aromatic nitrogens is 2. The molecule has 0 spiro atoms. The number of para-hydroxylation sites is 1. The Balaban J connectivity index is 2.27. The fourth-order valence-corrected chi connectivity index (χ4v) is 1.02. The first-order valence-electron chi connectivity index (χ1n) is 4.06. The predicted octanol–water partition coefficient (Wildman–Crippen LogP) is 1.41. The van der Waals surface area contributed by atoms with Gasteiger partial charge in [-0.2, -0.15) is 0 Å². The predicted molar refractivity (Wildman–Crippen MR) is 46.7 cm³/mol. The lowest BCUT2D eigenvalue weighted by atomic mass is 10.3. The highest BCUT2D eigenvalue weighted by Crippen LogP contribution is 2.19. The van der Waals surface area contributed by atoms with Crippen molar-refractivity contribution in [3.8, 4) is 11.6 Å². The van der Waals surface area contributed by atoms with Crippen LogP contribution in [-0.4, -0.2) is 5.16 Å². The molecule has 1 heterocycles. The van der Waals surface area contributed by atoms with Crippen LogP contribution in [-0.2, 0) is 0 Å². The maximum absolute atomic E-state index is 11.0. The Kier molecular flexibility index (Phi) is 2.06. The van der Waals surface area contributed by atoms with E-state index in [9.17, 15) is 5.21 Å². The van der Waals surface area contributed by atoms with Crippen LogP contribution >= 0.6 is 0 Å². The van der Waals surface area contributed by atoms with E-state index in [1.807, 2.05) is 18.2 Å². The molecule has 72 valence electrons. The number of rotatable bonds is 2. The molecule has 0 saturated heterocycles. The summed E-state index contributed by atoms with van der Waals surface area (Å²) in [6.45, 7) is 1.64. The topological polar surface area (TPSA) is 62.2 Å². The Hall–Kier alpha value is -2.04. The van der Waals surface area contributed by atoms with Gasteiger partial charge in [0, 0.05) is 12.1 Å². The molecule has 2 aromatic rings. The summed E-state index contributed by atoms with van der Waals surface area (Å²) < 4.78 is 9.63. The van der Waals surface area contributed by atoms with Gasteiger partial charge in [-0.15, -0.1) is 0 Å². The summed E-state index contributed by atoms with van der Waals surface area (Å²) in [5.41, 5.74) is 0.420. The minimum absolute atomic E-state index is 0.0659. The van der Waals surface area contributed by atoms with Crippen molar-refractivity contribution in [1.82, 2.24) is 5.16 Å². The van der Waals surface area contributed by atoms with E-state index in [0.717, 1.165) is 0 Å². The quantitative estimate of drug-likeness (QED) is 0.675. The van der Waals surface area contributed by atoms with Gasteiger partial charge in [0.2, 0.25) is 0 Å². The van der Waals surface area contributed by atoms with E-state index in [1.165, 1.54) is 0 Å². The zero-order chi connectivity index (χ0) is 9.97. The second kappa shape index (κ2) is 3.37. The van der Waals surface area contributed by atoms with Crippen molar-refractivity contribution in [2.24, 2.45) is 0 Å². The van der Waals surface area contributed by atoms with Crippen LogP contribution in [0.25, 0.3) is 0 Å². The Labute approximate surface area is 80.1 Å². The fraction of sp³-hybridized carbons (Fsp3) is 0.111. The van der Waals surface area contributed by atoms with Crippen molar-refractivity contribution in [2.45, 2.75) is 6.92 Å². The Morgan fingerprint density at radius 2 is 2.07 bits per heavy atom. The second-order valence-corrected chi connectivity index (χ2v) is 2.74. The average molecular weight is 192 g/mol. The van der Waals surface area contributed by atoms with Crippen molar-refractivity contribution >= 4 is 0 Å². The molecule has 14 heavy (non-hydrogen) atoms. The summed E-state index contributed by atoms with van der Waals surface area (Å²) in [7, 11) is 0. The van der Waals surface area contributed by atoms with Crippen molar-refractivity contribution in [3.63, 3.8) is 0 Å². The molecular formula is C9H8N2O3. The van der Waals surface area contributed by atoms with Crippen LogP contribution in [0.15, 0.2) is 35.0 Å². The van der Waals surface area contributed by atoms with E-state index in [1.54, 1.807) is 19.1 Å². The van der Waals surface area contributed by atoms with E-state index in [2.05, 4.69) is 9.79 Å². The lowest BCUT2D eigenvalue weighted by Gasteiger charge is -2.00. The van der Waals surface area contributed by atoms with Gasteiger partial charge in [-0.25, -0.2) is 0 Å². The zero-order valence-corrected chi connectivity index (χ0v) is 7.51. The second-order valence-electron chi connectivity index (χ2n) is 2.74. The molecule has 0 N–H and O–H groups in total. The number of benzene rings is 1. The van der Waals surface area contributed by atoms with E-state index >= 15 is 0 Å². The summed E-state index contributed by atoms with van der Waals surface area (Å²) in [4.78, 5) is 0.238.